The first-order valence-electron chi connectivity index (χ1n) is 5.19. The summed E-state index contributed by atoms with van der Waals surface area (Å²) in [6.07, 6.45) is 1.62. The van der Waals surface area contributed by atoms with Crippen molar-refractivity contribution in [2.75, 3.05) is 0 Å². The summed E-state index contributed by atoms with van der Waals surface area (Å²) in [6, 6.07) is 0. The summed E-state index contributed by atoms with van der Waals surface area (Å²) in [6.45, 7) is 5.55. The minimum Gasteiger partial charge on any atom is -0.338 e. The van der Waals surface area contributed by atoms with Crippen LogP contribution in [-0.4, -0.2) is 31.3 Å². The number of rotatable bonds is 3. The summed E-state index contributed by atoms with van der Waals surface area (Å²) in [5.74, 6) is 0.672. The van der Waals surface area contributed by atoms with E-state index in [-0.39, 0.29) is 12.2 Å². The van der Waals surface area contributed by atoms with E-state index >= 15 is 0 Å². The molecule has 90 valence electrons. The molecule has 0 aliphatic rings. The highest BCUT2D eigenvalue weighted by atomic mass is 16.5. The summed E-state index contributed by atoms with van der Waals surface area (Å²) in [7, 11) is 0. The van der Waals surface area contributed by atoms with Crippen molar-refractivity contribution in [3.05, 3.63) is 12.1 Å². The maximum Gasteiger partial charge on any atom is 0.234 e. The molecule has 0 aromatic carbocycles. The van der Waals surface area contributed by atoms with E-state index in [0.29, 0.717) is 17.4 Å². The van der Waals surface area contributed by atoms with Crippen LogP contribution in [0.15, 0.2) is 10.7 Å². The molecule has 0 spiro atoms. The van der Waals surface area contributed by atoms with E-state index in [9.17, 15) is 4.79 Å². The summed E-state index contributed by atoms with van der Waals surface area (Å²) < 4.78 is 4.99. The van der Waals surface area contributed by atoms with E-state index < -0.39 is 5.41 Å². The number of aromatic amines is 1. The minimum atomic E-state index is -0.414. The second-order valence-electron chi connectivity index (χ2n) is 4.72. The average Bonchev–Trinajstić information content (AvgIpc) is 2.83. The molecule has 17 heavy (non-hydrogen) atoms. The Balaban J connectivity index is 2.12. The van der Waals surface area contributed by atoms with Gasteiger partial charge in [0.15, 0.2) is 5.69 Å². The van der Waals surface area contributed by atoms with Gasteiger partial charge in [0.2, 0.25) is 11.7 Å². The average molecular weight is 235 g/mol. The second-order valence-corrected chi connectivity index (χ2v) is 4.72. The molecule has 2 rings (SSSR count). The zero-order chi connectivity index (χ0) is 12.5. The lowest BCUT2D eigenvalue weighted by atomic mass is 9.89. The van der Waals surface area contributed by atoms with Crippen molar-refractivity contribution >= 4 is 5.78 Å². The molecule has 0 saturated heterocycles. The lowest BCUT2D eigenvalue weighted by Gasteiger charge is -2.14. The summed E-state index contributed by atoms with van der Waals surface area (Å²) in [5, 5.41) is 13.7. The van der Waals surface area contributed by atoms with Gasteiger partial charge in [-0.1, -0.05) is 25.9 Å². The Morgan fingerprint density at radius 1 is 1.47 bits per heavy atom. The molecule has 2 heterocycles. The van der Waals surface area contributed by atoms with Crippen LogP contribution in [0.5, 0.6) is 0 Å². The van der Waals surface area contributed by atoms with Crippen LogP contribution in [0.4, 0.5) is 0 Å². The van der Waals surface area contributed by atoms with Crippen LogP contribution in [0.25, 0.3) is 11.5 Å². The molecule has 0 unspecified atom stereocenters. The fourth-order valence-electron chi connectivity index (χ4n) is 1.14. The summed E-state index contributed by atoms with van der Waals surface area (Å²) in [5.41, 5.74) is 0.0749. The van der Waals surface area contributed by atoms with E-state index in [0.717, 1.165) is 0 Å². The van der Waals surface area contributed by atoms with Crippen LogP contribution in [0, 0.1) is 5.41 Å². The lowest BCUT2D eigenvalue weighted by molar-refractivity contribution is -0.125. The Hall–Kier alpha value is -2.05. The van der Waals surface area contributed by atoms with Crippen LogP contribution < -0.4 is 0 Å². The quantitative estimate of drug-likeness (QED) is 0.852. The van der Waals surface area contributed by atoms with Gasteiger partial charge in [-0.25, -0.2) is 0 Å². The van der Waals surface area contributed by atoms with E-state index in [4.69, 9.17) is 4.52 Å². The Kier molecular flexibility index (Phi) is 2.74. The molecule has 0 bridgehead atoms. The predicted octanol–water partition coefficient (Wildman–Crippen LogP) is 1.01. The number of H-pyrrole nitrogens is 1. The SMILES string of the molecule is CC(C)(C)C(=O)Cc1nc(-c2cn[nH]n2)no1. The van der Waals surface area contributed by atoms with Crippen LogP contribution in [-0.2, 0) is 11.2 Å². The maximum absolute atomic E-state index is 11.8. The largest absolute Gasteiger partial charge is 0.338 e. The minimum absolute atomic E-state index is 0.0489. The van der Waals surface area contributed by atoms with E-state index in [1.807, 2.05) is 20.8 Å². The van der Waals surface area contributed by atoms with Gasteiger partial charge in [-0.05, 0) is 0 Å². The summed E-state index contributed by atoms with van der Waals surface area (Å²) in [4.78, 5) is 15.9. The highest BCUT2D eigenvalue weighted by Crippen LogP contribution is 2.18. The molecule has 7 heteroatoms. The van der Waals surface area contributed by atoms with Crippen molar-refractivity contribution in [1.29, 1.82) is 0 Å². The van der Waals surface area contributed by atoms with Crippen molar-refractivity contribution in [1.82, 2.24) is 25.6 Å². The fourth-order valence-corrected chi connectivity index (χ4v) is 1.14. The number of carbonyl (C=O) groups is 1. The van der Waals surface area contributed by atoms with Crippen molar-refractivity contribution in [3.8, 4) is 11.5 Å². The predicted molar refractivity (Wildman–Crippen MR) is 57.8 cm³/mol. The molecular weight excluding hydrogens is 222 g/mol. The number of hydrogen-bond donors (Lipinski definition) is 1. The Labute approximate surface area is 97.6 Å². The molecule has 1 N–H and O–H groups in total. The monoisotopic (exact) mass is 235 g/mol. The molecule has 0 fully saturated rings. The van der Waals surface area contributed by atoms with Crippen LogP contribution in [0.2, 0.25) is 0 Å². The zero-order valence-electron chi connectivity index (χ0n) is 9.89. The van der Waals surface area contributed by atoms with Crippen molar-refractivity contribution in [3.63, 3.8) is 0 Å². The third-order valence-corrected chi connectivity index (χ3v) is 2.26. The van der Waals surface area contributed by atoms with Gasteiger partial charge >= 0.3 is 0 Å². The first-order chi connectivity index (χ1) is 7.97. The molecule has 0 saturated carbocycles. The van der Waals surface area contributed by atoms with Crippen molar-refractivity contribution in [2.24, 2.45) is 5.41 Å². The second kappa shape index (κ2) is 4.08. The number of ketones is 1. The molecule has 0 aliphatic carbocycles. The molecular formula is C10H13N5O2. The third kappa shape index (κ3) is 2.55. The highest BCUT2D eigenvalue weighted by Gasteiger charge is 2.24. The Bertz CT molecular complexity index is 509. The number of Topliss-reactive ketones (excluding diaryl/α,β-unsaturated/α-hetero) is 1. The van der Waals surface area contributed by atoms with E-state index in [2.05, 4.69) is 25.6 Å². The van der Waals surface area contributed by atoms with E-state index in [1.165, 1.54) is 6.20 Å². The highest BCUT2D eigenvalue weighted by molar-refractivity contribution is 5.85. The fraction of sp³-hybridized carbons (Fsp3) is 0.500. The maximum atomic E-state index is 11.8. The topological polar surface area (TPSA) is 97.6 Å². The number of nitrogens with zero attached hydrogens (tertiary/aromatic N) is 4. The molecule has 0 radical (unpaired) electrons. The number of nitrogens with one attached hydrogen (secondary N) is 1. The van der Waals surface area contributed by atoms with Crippen molar-refractivity contribution < 1.29 is 9.32 Å². The number of aromatic nitrogens is 5. The zero-order valence-corrected chi connectivity index (χ0v) is 9.89. The van der Waals surface area contributed by atoms with Crippen LogP contribution in [0.3, 0.4) is 0 Å². The van der Waals surface area contributed by atoms with Gasteiger partial charge in [0, 0.05) is 5.41 Å². The van der Waals surface area contributed by atoms with Crippen LogP contribution in [0.1, 0.15) is 26.7 Å². The first kappa shape index (κ1) is 11.4. The Morgan fingerprint density at radius 3 is 2.82 bits per heavy atom. The third-order valence-electron chi connectivity index (χ3n) is 2.26. The normalized spacial score (nSPS) is 11.7. The van der Waals surface area contributed by atoms with Crippen LogP contribution >= 0.6 is 0 Å². The number of hydrogen-bond acceptors (Lipinski definition) is 6. The molecule has 0 amide bonds. The lowest BCUT2D eigenvalue weighted by Crippen LogP contribution is -2.22. The summed E-state index contributed by atoms with van der Waals surface area (Å²) >= 11 is 0. The van der Waals surface area contributed by atoms with Gasteiger partial charge in [-0.3, -0.25) is 4.79 Å². The molecule has 2 aromatic heterocycles. The molecule has 7 nitrogen and oxygen atoms in total. The first-order valence-corrected chi connectivity index (χ1v) is 5.19. The van der Waals surface area contributed by atoms with Gasteiger partial charge in [-0.15, -0.1) is 0 Å². The molecule has 0 aliphatic heterocycles. The van der Waals surface area contributed by atoms with E-state index in [1.54, 1.807) is 0 Å². The molecule has 0 atom stereocenters. The smallest absolute Gasteiger partial charge is 0.234 e. The Morgan fingerprint density at radius 2 is 2.24 bits per heavy atom. The van der Waals surface area contributed by atoms with Gasteiger partial charge in [-0.2, -0.15) is 20.4 Å². The number of carbonyl (C=O) groups excluding carboxylic acids is 1. The van der Waals surface area contributed by atoms with Gasteiger partial charge < -0.3 is 4.52 Å². The van der Waals surface area contributed by atoms with Crippen molar-refractivity contribution in [2.45, 2.75) is 27.2 Å². The molecule has 2 aromatic rings. The van der Waals surface area contributed by atoms with Gasteiger partial charge in [0.25, 0.3) is 0 Å². The van der Waals surface area contributed by atoms with Gasteiger partial charge in [0.05, 0.1) is 12.6 Å². The van der Waals surface area contributed by atoms with Gasteiger partial charge in [0.1, 0.15) is 5.78 Å². The standard InChI is InChI=1S/C10H13N5O2/c1-10(2,3)7(16)4-8-12-9(14-17-8)6-5-11-15-13-6/h5H,4H2,1-3H3,(H,11,13,15).